The third-order valence-corrected chi connectivity index (χ3v) is 10.0. The summed E-state index contributed by atoms with van der Waals surface area (Å²) in [6, 6.07) is 17.9. The molecule has 1 aliphatic carbocycles. The number of carbonyl (C=O) groups excluding carboxylic acids is 1. The zero-order chi connectivity index (χ0) is 31.7. The van der Waals surface area contributed by atoms with Gasteiger partial charge in [0.1, 0.15) is 11.2 Å². The minimum Gasteiger partial charge on any atom is -0.497 e. The van der Waals surface area contributed by atoms with Gasteiger partial charge in [-0.25, -0.2) is 0 Å². The molecule has 6 nitrogen and oxygen atoms in total. The predicted octanol–water partition coefficient (Wildman–Crippen LogP) is 8.69. The van der Waals surface area contributed by atoms with Gasteiger partial charge in [0, 0.05) is 38.9 Å². The van der Waals surface area contributed by atoms with Gasteiger partial charge >= 0.3 is 5.97 Å². The molecule has 2 aromatic carbocycles. The van der Waals surface area contributed by atoms with Crippen LogP contribution in [0.3, 0.4) is 0 Å². The van der Waals surface area contributed by atoms with Gasteiger partial charge in [-0.1, -0.05) is 133 Å². The Morgan fingerprint density at radius 2 is 1.31 bits per heavy atom. The molecule has 2 aliphatic rings. The summed E-state index contributed by atoms with van der Waals surface area (Å²) in [4.78, 5) is 18.9. The van der Waals surface area contributed by atoms with E-state index in [0.717, 1.165) is 49.6 Å². The summed E-state index contributed by atoms with van der Waals surface area (Å²) in [7, 11) is 3.33. The number of nitrogens with zero attached hydrogens (tertiary/aromatic N) is 2. The molecule has 3 unspecified atom stereocenters. The van der Waals surface area contributed by atoms with Gasteiger partial charge in [-0.3, -0.25) is 9.69 Å². The van der Waals surface area contributed by atoms with E-state index in [4.69, 9.17) is 14.2 Å². The second-order valence-corrected chi connectivity index (χ2v) is 13.3. The van der Waals surface area contributed by atoms with E-state index in [1.54, 1.807) is 14.2 Å². The van der Waals surface area contributed by atoms with Crippen molar-refractivity contribution in [2.45, 2.75) is 121 Å². The standard InChI is InChI=1S/C39H60N2O4/c1-4-5-6-7-8-9-10-11-12-13-14-15-16-20-27-40-28-30-41(31-29-40)37(33-21-18-17-19-22-33)45-38(42)39(32-36(39)44-3)34-23-25-35(43-2)26-24-34/h17-19,21-26,36-37H,4-16,20,27-32H2,1-3H3. The normalized spacial score (nSPS) is 21.0. The molecule has 0 aromatic heterocycles. The van der Waals surface area contributed by atoms with E-state index in [0.29, 0.717) is 6.42 Å². The minimum absolute atomic E-state index is 0.184. The lowest BCUT2D eigenvalue weighted by Crippen LogP contribution is -2.49. The first kappa shape index (κ1) is 35.4. The van der Waals surface area contributed by atoms with Crippen molar-refractivity contribution < 1.29 is 19.0 Å². The Kier molecular flexibility index (Phi) is 15.2. The second kappa shape index (κ2) is 19.3. The van der Waals surface area contributed by atoms with Crippen LogP contribution in [0.5, 0.6) is 5.75 Å². The van der Waals surface area contributed by atoms with E-state index in [2.05, 4.69) is 28.9 Å². The quantitative estimate of drug-likeness (QED) is 0.0970. The molecule has 0 bridgehead atoms. The molecule has 0 amide bonds. The van der Waals surface area contributed by atoms with Gasteiger partial charge in [-0.05, 0) is 37.1 Å². The average Bonchev–Trinajstić information content (AvgIpc) is 3.84. The van der Waals surface area contributed by atoms with Gasteiger partial charge in [0.2, 0.25) is 0 Å². The summed E-state index contributed by atoms with van der Waals surface area (Å²) in [5.41, 5.74) is 1.17. The molecule has 0 N–H and O–H groups in total. The number of unbranched alkanes of at least 4 members (excludes halogenated alkanes) is 13. The van der Waals surface area contributed by atoms with E-state index >= 15 is 0 Å². The number of benzene rings is 2. The van der Waals surface area contributed by atoms with E-state index in [1.807, 2.05) is 42.5 Å². The summed E-state index contributed by atoms with van der Waals surface area (Å²) >= 11 is 0. The number of carbonyl (C=O) groups is 1. The molecule has 3 atom stereocenters. The van der Waals surface area contributed by atoms with Gasteiger partial charge in [0.15, 0.2) is 6.23 Å². The van der Waals surface area contributed by atoms with Crippen molar-refractivity contribution in [1.29, 1.82) is 0 Å². The van der Waals surface area contributed by atoms with E-state index < -0.39 is 11.6 Å². The molecule has 1 aliphatic heterocycles. The van der Waals surface area contributed by atoms with Gasteiger partial charge in [0.25, 0.3) is 0 Å². The predicted molar refractivity (Wildman–Crippen MR) is 184 cm³/mol. The van der Waals surface area contributed by atoms with Gasteiger partial charge in [0.05, 0.1) is 13.2 Å². The van der Waals surface area contributed by atoms with Crippen molar-refractivity contribution >= 4 is 5.97 Å². The van der Waals surface area contributed by atoms with Crippen LogP contribution in [0.25, 0.3) is 0 Å². The Hall–Kier alpha value is -2.41. The fourth-order valence-electron chi connectivity index (χ4n) is 6.97. The highest BCUT2D eigenvalue weighted by Crippen LogP contribution is 2.52. The fourth-order valence-corrected chi connectivity index (χ4v) is 6.97. The molecular formula is C39H60N2O4. The monoisotopic (exact) mass is 620 g/mol. The largest absolute Gasteiger partial charge is 0.497 e. The van der Waals surface area contributed by atoms with Crippen LogP contribution in [0.2, 0.25) is 0 Å². The Morgan fingerprint density at radius 1 is 0.756 bits per heavy atom. The van der Waals surface area contributed by atoms with Gasteiger partial charge in [-0.2, -0.15) is 0 Å². The van der Waals surface area contributed by atoms with Crippen molar-refractivity contribution in [3.05, 3.63) is 65.7 Å². The summed E-state index contributed by atoms with van der Waals surface area (Å²) < 4.78 is 17.5. The Bertz CT molecular complexity index is 1090. The van der Waals surface area contributed by atoms with Crippen molar-refractivity contribution in [1.82, 2.24) is 9.80 Å². The van der Waals surface area contributed by atoms with Crippen LogP contribution in [-0.2, 0) is 19.7 Å². The Balaban J connectivity index is 1.18. The smallest absolute Gasteiger partial charge is 0.321 e. The topological polar surface area (TPSA) is 51.2 Å². The fraction of sp³-hybridized carbons (Fsp3) is 0.667. The number of rotatable bonds is 22. The first-order valence-electron chi connectivity index (χ1n) is 18.0. The molecule has 2 aromatic rings. The van der Waals surface area contributed by atoms with Crippen LogP contribution in [0.4, 0.5) is 0 Å². The highest BCUT2D eigenvalue weighted by atomic mass is 16.6. The molecule has 2 fully saturated rings. The maximum atomic E-state index is 13.9. The molecule has 0 spiro atoms. The van der Waals surface area contributed by atoms with Crippen LogP contribution in [0.15, 0.2) is 54.6 Å². The third kappa shape index (κ3) is 10.6. The number of piperazine rings is 1. The average molecular weight is 621 g/mol. The van der Waals surface area contributed by atoms with Crippen molar-refractivity contribution in [2.75, 3.05) is 46.9 Å². The molecule has 1 saturated heterocycles. The molecule has 250 valence electrons. The van der Waals surface area contributed by atoms with Crippen LogP contribution in [-0.4, -0.2) is 68.8 Å². The molecule has 1 heterocycles. The van der Waals surface area contributed by atoms with Crippen molar-refractivity contribution in [2.24, 2.45) is 0 Å². The molecule has 4 rings (SSSR count). The Labute approximate surface area is 273 Å². The number of hydrogen-bond acceptors (Lipinski definition) is 6. The lowest BCUT2D eigenvalue weighted by atomic mass is 9.95. The molecular weight excluding hydrogens is 560 g/mol. The number of hydrogen-bond donors (Lipinski definition) is 0. The second-order valence-electron chi connectivity index (χ2n) is 13.3. The number of esters is 1. The third-order valence-electron chi connectivity index (χ3n) is 10.0. The van der Waals surface area contributed by atoms with Crippen LogP contribution >= 0.6 is 0 Å². The van der Waals surface area contributed by atoms with Crippen LogP contribution in [0, 0.1) is 0 Å². The number of ether oxygens (including phenoxy) is 3. The van der Waals surface area contributed by atoms with Gasteiger partial charge in [-0.15, -0.1) is 0 Å². The molecule has 0 radical (unpaired) electrons. The summed E-state index contributed by atoms with van der Waals surface area (Å²) in [5.74, 6) is 0.559. The maximum Gasteiger partial charge on any atom is 0.321 e. The van der Waals surface area contributed by atoms with E-state index in [1.165, 1.54) is 89.9 Å². The maximum absolute atomic E-state index is 13.9. The SMILES string of the molecule is CCCCCCCCCCCCCCCCN1CCN(C(OC(=O)C2(c3ccc(OC)cc3)CC2OC)c2ccccc2)CC1. The summed E-state index contributed by atoms with van der Waals surface area (Å²) in [6.07, 6.45) is 19.5. The lowest BCUT2D eigenvalue weighted by molar-refractivity contribution is -0.166. The highest BCUT2D eigenvalue weighted by molar-refractivity contribution is 5.88. The highest BCUT2D eigenvalue weighted by Gasteiger charge is 2.64. The zero-order valence-electron chi connectivity index (χ0n) is 28.5. The Morgan fingerprint density at radius 3 is 1.82 bits per heavy atom. The van der Waals surface area contributed by atoms with E-state index in [-0.39, 0.29) is 12.1 Å². The van der Waals surface area contributed by atoms with Crippen LogP contribution in [0.1, 0.15) is 121 Å². The van der Waals surface area contributed by atoms with Crippen LogP contribution < -0.4 is 4.74 Å². The zero-order valence-corrected chi connectivity index (χ0v) is 28.5. The van der Waals surface area contributed by atoms with Crippen molar-refractivity contribution in [3.8, 4) is 5.75 Å². The minimum atomic E-state index is -0.774. The first-order chi connectivity index (χ1) is 22.1. The summed E-state index contributed by atoms with van der Waals surface area (Å²) in [6.45, 7) is 7.23. The van der Waals surface area contributed by atoms with Crippen molar-refractivity contribution in [3.63, 3.8) is 0 Å². The van der Waals surface area contributed by atoms with Gasteiger partial charge < -0.3 is 19.1 Å². The molecule has 1 saturated carbocycles. The molecule has 45 heavy (non-hydrogen) atoms. The first-order valence-corrected chi connectivity index (χ1v) is 18.0. The van der Waals surface area contributed by atoms with E-state index in [9.17, 15) is 4.79 Å². The lowest BCUT2D eigenvalue weighted by Gasteiger charge is -2.39. The molecule has 6 heteroatoms. The number of methoxy groups -OCH3 is 2. The summed E-state index contributed by atoms with van der Waals surface area (Å²) in [5, 5.41) is 0.